The number of carbonyl (C=O) groups is 3. The summed E-state index contributed by atoms with van der Waals surface area (Å²) in [7, 11) is 0. The van der Waals surface area contributed by atoms with Crippen LogP contribution in [0.15, 0.2) is 24.3 Å². The molecule has 0 aliphatic carbocycles. The molecule has 0 saturated heterocycles. The fraction of sp³-hybridized carbons (Fsp3) is 0.538. The Morgan fingerprint density at radius 3 is 2.18 bits per heavy atom. The van der Waals surface area contributed by atoms with Crippen molar-refractivity contribution in [2.75, 3.05) is 6.54 Å². The van der Waals surface area contributed by atoms with E-state index >= 15 is 0 Å². The minimum atomic E-state index is -1.18. The van der Waals surface area contributed by atoms with E-state index in [-0.39, 0.29) is 12.5 Å². The second kappa shape index (κ2) is 11.6. The van der Waals surface area contributed by atoms with Gasteiger partial charge in [0.1, 0.15) is 24.2 Å². The second-order valence-corrected chi connectivity index (χ2v) is 10.4. The highest BCUT2D eigenvalue weighted by atomic mass is 16.6. The quantitative estimate of drug-likeness (QED) is 0.470. The van der Waals surface area contributed by atoms with Crippen molar-refractivity contribution in [3.8, 4) is 18.4 Å². The third-order valence-electron chi connectivity index (χ3n) is 4.60. The molecular formula is C26H36N4O4. The van der Waals surface area contributed by atoms with Gasteiger partial charge in [-0.3, -0.25) is 9.59 Å². The van der Waals surface area contributed by atoms with Crippen LogP contribution >= 0.6 is 0 Å². The van der Waals surface area contributed by atoms with E-state index in [2.05, 4.69) is 16.6 Å². The number of benzene rings is 1. The lowest BCUT2D eigenvalue weighted by molar-refractivity contribution is -0.143. The molecule has 0 bridgehead atoms. The highest BCUT2D eigenvalue weighted by Gasteiger charge is 2.39. The first-order chi connectivity index (χ1) is 15.6. The van der Waals surface area contributed by atoms with Gasteiger partial charge >= 0.3 is 6.09 Å². The Hall–Kier alpha value is -3.52. The van der Waals surface area contributed by atoms with Gasteiger partial charge in [-0.2, -0.15) is 5.26 Å². The van der Waals surface area contributed by atoms with Crippen LogP contribution in [0.25, 0.3) is 0 Å². The minimum absolute atomic E-state index is 0.351. The summed E-state index contributed by atoms with van der Waals surface area (Å²) in [6.45, 7) is 13.7. The van der Waals surface area contributed by atoms with E-state index < -0.39 is 41.1 Å². The highest BCUT2D eigenvalue weighted by Crippen LogP contribution is 2.27. The zero-order chi connectivity index (χ0) is 26.3. The Bertz CT molecular complexity index is 974. The summed E-state index contributed by atoms with van der Waals surface area (Å²) in [6, 6.07) is 6.52. The first-order valence-corrected chi connectivity index (χ1v) is 11.2. The summed E-state index contributed by atoms with van der Waals surface area (Å²) in [5.74, 6) is 1.12. The van der Waals surface area contributed by atoms with E-state index in [0.29, 0.717) is 11.1 Å². The van der Waals surface area contributed by atoms with Crippen LogP contribution in [0.1, 0.15) is 72.6 Å². The van der Waals surface area contributed by atoms with E-state index in [1.54, 1.807) is 58.9 Å². The van der Waals surface area contributed by atoms with Crippen LogP contribution in [0.4, 0.5) is 4.79 Å². The zero-order valence-electron chi connectivity index (χ0n) is 21.4. The molecule has 0 saturated carbocycles. The van der Waals surface area contributed by atoms with Gasteiger partial charge in [0.2, 0.25) is 11.8 Å². The number of rotatable bonds is 7. The fourth-order valence-corrected chi connectivity index (χ4v) is 3.25. The van der Waals surface area contributed by atoms with Crippen molar-refractivity contribution in [1.29, 1.82) is 5.26 Å². The highest BCUT2D eigenvalue weighted by molar-refractivity contribution is 5.93. The Morgan fingerprint density at radius 1 is 1.12 bits per heavy atom. The van der Waals surface area contributed by atoms with E-state index in [4.69, 9.17) is 11.2 Å². The molecule has 0 aliphatic heterocycles. The Morgan fingerprint density at radius 2 is 1.71 bits per heavy atom. The Balaban J connectivity index is 3.55. The van der Waals surface area contributed by atoms with Gasteiger partial charge in [0.15, 0.2) is 0 Å². The van der Waals surface area contributed by atoms with Crippen LogP contribution in [0.2, 0.25) is 0 Å². The summed E-state index contributed by atoms with van der Waals surface area (Å²) in [4.78, 5) is 40.8. The van der Waals surface area contributed by atoms with Crippen LogP contribution in [0, 0.1) is 29.6 Å². The molecule has 0 aromatic heterocycles. The van der Waals surface area contributed by atoms with Crippen LogP contribution in [-0.2, 0) is 14.3 Å². The zero-order valence-corrected chi connectivity index (χ0v) is 21.4. The molecule has 1 aromatic carbocycles. The molecule has 0 fully saturated rings. The van der Waals surface area contributed by atoms with Crippen molar-refractivity contribution in [1.82, 2.24) is 15.5 Å². The first-order valence-electron chi connectivity index (χ1n) is 11.2. The van der Waals surface area contributed by atoms with Gasteiger partial charge in [-0.1, -0.05) is 38.0 Å². The summed E-state index contributed by atoms with van der Waals surface area (Å²) < 4.78 is 5.31. The SMILES string of the molecule is C#Cc1ccccc1C(C(=O)NC(C)(C)C)N(CC#N)C(=O)C(NC(=O)OC(C)(C)C)C(C)C. The number of hydrogen-bond donors (Lipinski definition) is 2. The van der Waals surface area contributed by atoms with Crippen LogP contribution in [0.5, 0.6) is 0 Å². The number of nitriles is 1. The molecule has 1 aromatic rings. The van der Waals surface area contributed by atoms with Gasteiger partial charge < -0.3 is 20.3 Å². The number of alkyl carbamates (subject to hydrolysis) is 1. The van der Waals surface area contributed by atoms with Gasteiger partial charge in [-0.05, 0) is 59.1 Å². The number of terminal acetylenes is 1. The predicted octanol–water partition coefficient (Wildman–Crippen LogP) is 3.53. The fourth-order valence-electron chi connectivity index (χ4n) is 3.25. The van der Waals surface area contributed by atoms with Crippen molar-refractivity contribution >= 4 is 17.9 Å². The van der Waals surface area contributed by atoms with Crippen LogP contribution in [0.3, 0.4) is 0 Å². The lowest BCUT2D eigenvalue weighted by Gasteiger charge is -2.35. The molecule has 34 heavy (non-hydrogen) atoms. The van der Waals surface area contributed by atoms with Crippen molar-refractivity contribution < 1.29 is 19.1 Å². The standard InChI is InChI=1S/C26H36N4O4/c1-10-18-13-11-12-14-19(18)21(22(31)29-25(4,5)6)30(16-15-27)23(32)20(17(2)3)28-24(33)34-26(7,8)9/h1,11-14,17,20-21H,16H2,2-9H3,(H,28,33)(H,29,31). The number of hydrogen-bond acceptors (Lipinski definition) is 5. The molecule has 0 radical (unpaired) electrons. The van der Waals surface area contributed by atoms with Crippen molar-refractivity contribution in [2.45, 2.75) is 78.6 Å². The smallest absolute Gasteiger partial charge is 0.408 e. The van der Waals surface area contributed by atoms with E-state index in [0.717, 1.165) is 4.90 Å². The van der Waals surface area contributed by atoms with Crippen molar-refractivity contribution in [2.24, 2.45) is 5.92 Å². The van der Waals surface area contributed by atoms with Crippen molar-refractivity contribution in [3.63, 3.8) is 0 Å². The summed E-state index contributed by atoms with van der Waals surface area (Å²) in [5, 5.41) is 15.0. The van der Waals surface area contributed by atoms with E-state index in [1.165, 1.54) is 0 Å². The molecule has 8 nitrogen and oxygen atoms in total. The number of nitrogens with zero attached hydrogens (tertiary/aromatic N) is 2. The Kier molecular flexibility index (Phi) is 9.69. The predicted molar refractivity (Wildman–Crippen MR) is 130 cm³/mol. The molecule has 8 heteroatoms. The Labute approximate surface area is 203 Å². The lowest BCUT2D eigenvalue weighted by atomic mass is 9.95. The van der Waals surface area contributed by atoms with E-state index in [9.17, 15) is 19.6 Å². The third-order valence-corrected chi connectivity index (χ3v) is 4.60. The summed E-state index contributed by atoms with van der Waals surface area (Å²) >= 11 is 0. The third kappa shape index (κ3) is 8.44. The van der Waals surface area contributed by atoms with Crippen LogP contribution in [-0.4, -0.2) is 46.5 Å². The molecule has 2 unspecified atom stereocenters. The molecule has 2 atom stereocenters. The molecule has 0 heterocycles. The maximum atomic E-state index is 13.7. The van der Waals surface area contributed by atoms with Crippen molar-refractivity contribution in [3.05, 3.63) is 35.4 Å². The van der Waals surface area contributed by atoms with Gasteiger partial charge in [0.05, 0.1) is 6.07 Å². The molecule has 3 amide bonds. The number of amides is 3. The maximum Gasteiger partial charge on any atom is 0.408 e. The van der Waals surface area contributed by atoms with Gasteiger partial charge in [0, 0.05) is 11.1 Å². The normalized spacial score (nSPS) is 13.1. The topological polar surface area (TPSA) is 112 Å². The van der Waals surface area contributed by atoms with Gasteiger partial charge in [-0.25, -0.2) is 4.79 Å². The molecule has 0 spiro atoms. The molecule has 2 N–H and O–H groups in total. The number of ether oxygens (including phenoxy) is 1. The average molecular weight is 469 g/mol. The first kappa shape index (κ1) is 28.5. The summed E-state index contributed by atoms with van der Waals surface area (Å²) in [5.41, 5.74) is -0.529. The monoisotopic (exact) mass is 468 g/mol. The molecular weight excluding hydrogens is 432 g/mol. The largest absolute Gasteiger partial charge is 0.444 e. The lowest BCUT2D eigenvalue weighted by Crippen LogP contribution is -2.56. The van der Waals surface area contributed by atoms with Gasteiger partial charge in [-0.15, -0.1) is 6.42 Å². The number of nitrogens with one attached hydrogen (secondary N) is 2. The van der Waals surface area contributed by atoms with E-state index in [1.807, 2.05) is 26.8 Å². The molecule has 1 rings (SSSR count). The maximum absolute atomic E-state index is 13.7. The minimum Gasteiger partial charge on any atom is -0.444 e. The number of carbonyl (C=O) groups excluding carboxylic acids is 3. The van der Waals surface area contributed by atoms with Crippen LogP contribution < -0.4 is 10.6 Å². The second-order valence-electron chi connectivity index (χ2n) is 10.4. The average Bonchev–Trinajstić information content (AvgIpc) is 2.68. The molecule has 184 valence electrons. The molecule has 0 aliphatic rings. The summed E-state index contributed by atoms with van der Waals surface area (Å²) in [6.07, 6.45) is 4.91. The van der Waals surface area contributed by atoms with Gasteiger partial charge in [0.25, 0.3) is 0 Å².